The summed E-state index contributed by atoms with van der Waals surface area (Å²) in [5.41, 5.74) is 0.727. The standard InChI is InChI=1S/C15H22N2O2/c1-16-11-15(18)12-3-5-13(6-4-12)19-14-7-9-17(2)10-8-14/h3-6,14,16H,7-11H2,1-2H3. The van der Waals surface area contributed by atoms with Crippen molar-refractivity contribution in [3.63, 3.8) is 0 Å². The molecule has 4 heteroatoms. The van der Waals surface area contributed by atoms with Crippen LogP contribution in [0.5, 0.6) is 5.75 Å². The quantitative estimate of drug-likeness (QED) is 0.818. The topological polar surface area (TPSA) is 41.6 Å². The number of nitrogens with zero attached hydrogens (tertiary/aromatic N) is 1. The highest BCUT2D eigenvalue weighted by atomic mass is 16.5. The molecule has 0 radical (unpaired) electrons. The number of hydrogen-bond acceptors (Lipinski definition) is 4. The molecule has 2 rings (SSSR count). The molecule has 0 unspecified atom stereocenters. The van der Waals surface area contributed by atoms with Crippen LogP contribution >= 0.6 is 0 Å². The Hall–Kier alpha value is -1.39. The zero-order chi connectivity index (χ0) is 13.7. The van der Waals surface area contributed by atoms with E-state index in [9.17, 15) is 4.79 Å². The first-order chi connectivity index (χ1) is 9.19. The van der Waals surface area contributed by atoms with Crippen molar-refractivity contribution in [1.82, 2.24) is 10.2 Å². The Morgan fingerprint density at radius 2 is 1.95 bits per heavy atom. The molecule has 1 heterocycles. The van der Waals surface area contributed by atoms with Gasteiger partial charge in [-0.1, -0.05) is 0 Å². The van der Waals surface area contributed by atoms with Crippen LogP contribution in [0.25, 0.3) is 0 Å². The van der Waals surface area contributed by atoms with Gasteiger partial charge in [0.2, 0.25) is 0 Å². The number of hydrogen-bond donors (Lipinski definition) is 1. The van der Waals surface area contributed by atoms with Crippen molar-refractivity contribution in [2.24, 2.45) is 0 Å². The van der Waals surface area contributed by atoms with E-state index in [2.05, 4.69) is 17.3 Å². The molecule has 19 heavy (non-hydrogen) atoms. The first-order valence-electron chi connectivity index (χ1n) is 6.82. The summed E-state index contributed by atoms with van der Waals surface area (Å²) in [7, 11) is 3.91. The van der Waals surface area contributed by atoms with E-state index in [1.165, 1.54) is 0 Å². The highest BCUT2D eigenvalue weighted by molar-refractivity contribution is 5.97. The van der Waals surface area contributed by atoms with Gasteiger partial charge in [-0.05, 0) is 51.2 Å². The van der Waals surface area contributed by atoms with Gasteiger partial charge < -0.3 is 15.0 Å². The first kappa shape index (κ1) is 14.0. The minimum absolute atomic E-state index is 0.105. The van der Waals surface area contributed by atoms with Crippen LogP contribution in [0, 0.1) is 0 Å². The van der Waals surface area contributed by atoms with Gasteiger partial charge in [-0.25, -0.2) is 0 Å². The molecule has 1 fully saturated rings. The van der Waals surface area contributed by atoms with Gasteiger partial charge in [0, 0.05) is 18.7 Å². The largest absolute Gasteiger partial charge is 0.490 e. The van der Waals surface area contributed by atoms with E-state index in [0.29, 0.717) is 12.6 Å². The fourth-order valence-electron chi connectivity index (χ4n) is 2.28. The second kappa shape index (κ2) is 6.68. The second-order valence-electron chi connectivity index (χ2n) is 5.10. The summed E-state index contributed by atoms with van der Waals surface area (Å²) in [6, 6.07) is 7.45. The monoisotopic (exact) mass is 262 g/mol. The van der Waals surface area contributed by atoms with Crippen LogP contribution in [0.3, 0.4) is 0 Å². The number of rotatable bonds is 5. The maximum atomic E-state index is 11.7. The number of ketones is 1. The van der Waals surface area contributed by atoms with Crippen LogP contribution in [0.4, 0.5) is 0 Å². The minimum atomic E-state index is 0.105. The van der Waals surface area contributed by atoms with Crippen molar-refractivity contribution in [3.8, 4) is 5.75 Å². The molecule has 1 aromatic carbocycles. The van der Waals surface area contributed by atoms with Gasteiger partial charge in [-0.2, -0.15) is 0 Å². The average molecular weight is 262 g/mol. The highest BCUT2D eigenvalue weighted by Crippen LogP contribution is 2.19. The summed E-state index contributed by atoms with van der Waals surface area (Å²) in [5, 5.41) is 2.86. The molecule has 0 aliphatic carbocycles. The van der Waals surface area contributed by atoms with Crippen molar-refractivity contribution < 1.29 is 9.53 Å². The van der Waals surface area contributed by atoms with Crippen molar-refractivity contribution in [1.29, 1.82) is 0 Å². The fourth-order valence-corrected chi connectivity index (χ4v) is 2.28. The zero-order valence-corrected chi connectivity index (χ0v) is 11.7. The van der Waals surface area contributed by atoms with Gasteiger partial charge in [0.05, 0.1) is 6.54 Å². The van der Waals surface area contributed by atoms with Gasteiger partial charge in [0.1, 0.15) is 11.9 Å². The first-order valence-corrected chi connectivity index (χ1v) is 6.82. The molecule has 1 saturated heterocycles. The normalized spacial score (nSPS) is 17.4. The lowest BCUT2D eigenvalue weighted by molar-refractivity contribution is 0.0993. The van der Waals surface area contributed by atoms with Crippen molar-refractivity contribution in [2.45, 2.75) is 18.9 Å². The number of piperidine rings is 1. The summed E-state index contributed by atoms with van der Waals surface area (Å²) in [6.07, 6.45) is 2.43. The smallest absolute Gasteiger partial charge is 0.176 e. The molecule has 0 bridgehead atoms. The molecule has 1 aliphatic heterocycles. The lowest BCUT2D eigenvalue weighted by atomic mass is 10.1. The van der Waals surface area contributed by atoms with Crippen LogP contribution in [-0.2, 0) is 0 Å². The van der Waals surface area contributed by atoms with Crippen LogP contribution < -0.4 is 10.1 Å². The van der Waals surface area contributed by atoms with E-state index in [-0.39, 0.29) is 5.78 Å². The van der Waals surface area contributed by atoms with Crippen LogP contribution in [0.1, 0.15) is 23.2 Å². The zero-order valence-electron chi connectivity index (χ0n) is 11.7. The maximum Gasteiger partial charge on any atom is 0.176 e. The molecule has 4 nitrogen and oxygen atoms in total. The van der Waals surface area contributed by atoms with Gasteiger partial charge >= 0.3 is 0 Å². The van der Waals surface area contributed by atoms with E-state index < -0.39 is 0 Å². The Labute approximate surface area is 114 Å². The van der Waals surface area contributed by atoms with Gasteiger partial charge in [-0.3, -0.25) is 4.79 Å². The lowest BCUT2D eigenvalue weighted by Gasteiger charge is -2.29. The van der Waals surface area contributed by atoms with E-state index in [1.54, 1.807) is 7.05 Å². The number of likely N-dealkylation sites (N-methyl/N-ethyl adjacent to an activating group) is 1. The maximum absolute atomic E-state index is 11.7. The van der Waals surface area contributed by atoms with Gasteiger partial charge in [-0.15, -0.1) is 0 Å². The third-order valence-electron chi connectivity index (χ3n) is 3.48. The Morgan fingerprint density at radius 1 is 1.32 bits per heavy atom. The Kier molecular flexibility index (Phi) is 4.93. The Morgan fingerprint density at radius 3 is 2.53 bits per heavy atom. The number of carbonyl (C=O) groups excluding carboxylic acids is 1. The van der Waals surface area contributed by atoms with Gasteiger partial charge in [0.15, 0.2) is 5.78 Å². The summed E-state index contributed by atoms with van der Waals surface area (Å²) in [6.45, 7) is 2.54. The number of benzene rings is 1. The van der Waals surface area contributed by atoms with Crippen molar-refractivity contribution in [2.75, 3.05) is 33.7 Å². The Bertz CT molecular complexity index is 409. The third-order valence-corrected chi connectivity index (χ3v) is 3.48. The number of nitrogens with one attached hydrogen (secondary N) is 1. The molecular formula is C15H22N2O2. The summed E-state index contributed by atoms with van der Waals surface area (Å²) >= 11 is 0. The molecule has 1 N–H and O–H groups in total. The predicted molar refractivity (Wildman–Crippen MR) is 75.8 cm³/mol. The van der Waals surface area contributed by atoms with E-state index in [0.717, 1.165) is 37.2 Å². The molecule has 104 valence electrons. The molecule has 0 aromatic heterocycles. The summed E-state index contributed by atoms with van der Waals surface area (Å²) in [4.78, 5) is 14.0. The molecule has 0 saturated carbocycles. The average Bonchev–Trinajstić information content (AvgIpc) is 2.42. The SMILES string of the molecule is CNCC(=O)c1ccc(OC2CCN(C)CC2)cc1. The molecule has 0 atom stereocenters. The number of carbonyl (C=O) groups is 1. The fraction of sp³-hybridized carbons (Fsp3) is 0.533. The summed E-state index contributed by atoms with van der Waals surface area (Å²) in [5.74, 6) is 0.962. The van der Waals surface area contributed by atoms with E-state index >= 15 is 0 Å². The molecule has 1 aliphatic rings. The summed E-state index contributed by atoms with van der Waals surface area (Å²) < 4.78 is 5.94. The van der Waals surface area contributed by atoms with E-state index in [1.807, 2.05) is 24.3 Å². The van der Waals surface area contributed by atoms with Crippen molar-refractivity contribution in [3.05, 3.63) is 29.8 Å². The number of Topliss-reactive ketones (excluding diaryl/α,β-unsaturated/α-hetero) is 1. The highest BCUT2D eigenvalue weighted by Gasteiger charge is 2.17. The minimum Gasteiger partial charge on any atom is -0.490 e. The molecule has 1 aromatic rings. The predicted octanol–water partition coefficient (Wildman–Crippen LogP) is 1.56. The second-order valence-corrected chi connectivity index (χ2v) is 5.10. The molecular weight excluding hydrogens is 240 g/mol. The molecule has 0 amide bonds. The molecule has 0 spiro atoms. The van der Waals surface area contributed by atoms with E-state index in [4.69, 9.17) is 4.74 Å². The van der Waals surface area contributed by atoms with Crippen LogP contribution in [0.2, 0.25) is 0 Å². The number of ether oxygens (including phenoxy) is 1. The van der Waals surface area contributed by atoms with Crippen LogP contribution in [-0.4, -0.2) is 50.5 Å². The van der Waals surface area contributed by atoms with Gasteiger partial charge in [0.25, 0.3) is 0 Å². The number of likely N-dealkylation sites (tertiary alicyclic amines) is 1. The Balaban J connectivity index is 1.90. The van der Waals surface area contributed by atoms with Crippen molar-refractivity contribution >= 4 is 5.78 Å². The third kappa shape index (κ3) is 4.04. The lowest BCUT2D eigenvalue weighted by Crippen LogP contribution is -2.35. The van der Waals surface area contributed by atoms with Crippen LogP contribution in [0.15, 0.2) is 24.3 Å².